The molecular weight excluding hydrogens is 258 g/mol. The van der Waals surface area contributed by atoms with Crippen LogP contribution in [0.2, 0.25) is 0 Å². The van der Waals surface area contributed by atoms with Crippen molar-refractivity contribution in [1.82, 2.24) is 4.90 Å². The minimum Gasteiger partial charge on any atom is -0.497 e. The third-order valence-electron chi connectivity index (χ3n) is 3.21. The Morgan fingerprint density at radius 2 is 2.00 bits per heavy atom. The van der Waals surface area contributed by atoms with Crippen molar-refractivity contribution >= 4 is 5.84 Å². The quantitative estimate of drug-likeness (QED) is 0.591. The number of methoxy groups -OCH3 is 1. The zero-order valence-electron chi connectivity index (χ0n) is 11.7. The smallest absolute Gasteiger partial charge is 0.123 e. The van der Waals surface area contributed by atoms with Gasteiger partial charge in [-0.25, -0.2) is 0 Å². The van der Waals surface area contributed by atoms with E-state index in [4.69, 9.17) is 25.4 Å². The monoisotopic (exact) mass is 279 g/mol. The van der Waals surface area contributed by atoms with E-state index in [1.807, 2.05) is 0 Å². The summed E-state index contributed by atoms with van der Waals surface area (Å²) in [5, 5.41) is 7.49. The normalized spacial score (nSPS) is 15.8. The lowest BCUT2D eigenvalue weighted by Crippen LogP contribution is -2.38. The Bertz CT molecular complexity index is 459. The molecule has 0 aliphatic carbocycles. The van der Waals surface area contributed by atoms with E-state index in [2.05, 4.69) is 4.90 Å². The molecule has 1 aromatic rings. The summed E-state index contributed by atoms with van der Waals surface area (Å²) in [5.74, 6) is 1.31. The summed E-state index contributed by atoms with van der Waals surface area (Å²) in [6.45, 7) is 4.90. The molecule has 6 heteroatoms. The SMILES string of the molecule is COc1cc(OCCN2CCOCC2)cc(C(=N)N)c1. The summed E-state index contributed by atoms with van der Waals surface area (Å²) in [4.78, 5) is 2.30. The molecule has 0 bridgehead atoms. The molecule has 0 saturated carbocycles. The van der Waals surface area contributed by atoms with Crippen LogP contribution in [0.1, 0.15) is 5.56 Å². The molecule has 1 aliphatic rings. The Balaban J connectivity index is 1.91. The van der Waals surface area contributed by atoms with Crippen LogP contribution in [-0.4, -0.2) is 57.3 Å². The highest BCUT2D eigenvalue weighted by Gasteiger charge is 2.10. The molecule has 0 spiro atoms. The molecule has 1 heterocycles. The first-order valence-electron chi connectivity index (χ1n) is 6.65. The Kier molecular flexibility index (Phi) is 5.20. The fourth-order valence-corrected chi connectivity index (χ4v) is 2.05. The fraction of sp³-hybridized carbons (Fsp3) is 0.500. The van der Waals surface area contributed by atoms with Gasteiger partial charge in [0.2, 0.25) is 0 Å². The molecule has 6 nitrogen and oxygen atoms in total. The fourth-order valence-electron chi connectivity index (χ4n) is 2.05. The Hall–Kier alpha value is -1.79. The minimum atomic E-state index is 0.00179. The van der Waals surface area contributed by atoms with Crippen LogP contribution in [-0.2, 0) is 4.74 Å². The maximum atomic E-state index is 7.49. The number of nitrogens with one attached hydrogen (secondary N) is 1. The van der Waals surface area contributed by atoms with Crippen molar-refractivity contribution < 1.29 is 14.2 Å². The van der Waals surface area contributed by atoms with E-state index in [-0.39, 0.29) is 5.84 Å². The van der Waals surface area contributed by atoms with Gasteiger partial charge in [-0.2, -0.15) is 0 Å². The Labute approximate surface area is 118 Å². The van der Waals surface area contributed by atoms with Crippen LogP contribution < -0.4 is 15.2 Å². The molecule has 3 N–H and O–H groups in total. The average molecular weight is 279 g/mol. The molecule has 0 unspecified atom stereocenters. The van der Waals surface area contributed by atoms with Crippen LogP contribution in [0.15, 0.2) is 18.2 Å². The molecule has 1 saturated heterocycles. The van der Waals surface area contributed by atoms with E-state index in [0.717, 1.165) is 32.8 Å². The van der Waals surface area contributed by atoms with Crippen LogP contribution in [0.25, 0.3) is 0 Å². The van der Waals surface area contributed by atoms with Gasteiger partial charge in [-0.15, -0.1) is 0 Å². The first-order chi connectivity index (χ1) is 9.69. The van der Waals surface area contributed by atoms with E-state index in [1.165, 1.54) is 0 Å². The topological polar surface area (TPSA) is 80.8 Å². The van der Waals surface area contributed by atoms with Gasteiger partial charge < -0.3 is 19.9 Å². The van der Waals surface area contributed by atoms with Crippen LogP contribution in [0.4, 0.5) is 0 Å². The summed E-state index contributed by atoms with van der Waals surface area (Å²) in [6.07, 6.45) is 0. The third-order valence-corrected chi connectivity index (χ3v) is 3.21. The lowest BCUT2D eigenvalue weighted by Gasteiger charge is -2.26. The zero-order valence-corrected chi connectivity index (χ0v) is 11.7. The van der Waals surface area contributed by atoms with E-state index in [1.54, 1.807) is 25.3 Å². The van der Waals surface area contributed by atoms with Crippen molar-refractivity contribution in [2.45, 2.75) is 0 Å². The molecule has 20 heavy (non-hydrogen) atoms. The van der Waals surface area contributed by atoms with Crippen LogP contribution in [0, 0.1) is 5.41 Å². The molecule has 0 atom stereocenters. The molecule has 0 amide bonds. The van der Waals surface area contributed by atoms with Gasteiger partial charge in [-0.05, 0) is 12.1 Å². The summed E-state index contributed by atoms with van der Waals surface area (Å²) in [6, 6.07) is 5.27. The first kappa shape index (κ1) is 14.6. The average Bonchev–Trinajstić information content (AvgIpc) is 2.48. The molecule has 110 valence electrons. The maximum absolute atomic E-state index is 7.49. The van der Waals surface area contributed by atoms with Gasteiger partial charge >= 0.3 is 0 Å². The molecular formula is C14H21N3O3. The van der Waals surface area contributed by atoms with E-state index >= 15 is 0 Å². The highest BCUT2D eigenvalue weighted by molar-refractivity contribution is 5.95. The number of nitrogens with zero attached hydrogens (tertiary/aromatic N) is 1. The van der Waals surface area contributed by atoms with Crippen molar-refractivity contribution in [3.8, 4) is 11.5 Å². The largest absolute Gasteiger partial charge is 0.497 e. The van der Waals surface area contributed by atoms with Crippen molar-refractivity contribution in [2.24, 2.45) is 5.73 Å². The van der Waals surface area contributed by atoms with Gasteiger partial charge in [0, 0.05) is 31.3 Å². The van der Waals surface area contributed by atoms with Gasteiger partial charge in [0.05, 0.1) is 20.3 Å². The summed E-state index contributed by atoms with van der Waals surface area (Å²) >= 11 is 0. The maximum Gasteiger partial charge on any atom is 0.123 e. The number of benzene rings is 1. The second-order valence-corrected chi connectivity index (χ2v) is 4.61. The van der Waals surface area contributed by atoms with E-state index in [0.29, 0.717) is 23.7 Å². The Morgan fingerprint density at radius 1 is 1.30 bits per heavy atom. The Morgan fingerprint density at radius 3 is 2.65 bits per heavy atom. The van der Waals surface area contributed by atoms with Gasteiger partial charge in [0.25, 0.3) is 0 Å². The predicted molar refractivity (Wildman–Crippen MR) is 76.8 cm³/mol. The molecule has 1 aliphatic heterocycles. The zero-order chi connectivity index (χ0) is 14.4. The van der Waals surface area contributed by atoms with Crippen LogP contribution in [0.3, 0.4) is 0 Å². The minimum absolute atomic E-state index is 0.00179. The number of hydrogen-bond acceptors (Lipinski definition) is 5. The second kappa shape index (κ2) is 7.12. The van der Waals surface area contributed by atoms with Crippen LogP contribution >= 0.6 is 0 Å². The number of amidine groups is 1. The van der Waals surface area contributed by atoms with Gasteiger partial charge in [-0.1, -0.05) is 0 Å². The summed E-state index contributed by atoms with van der Waals surface area (Å²) in [7, 11) is 1.58. The molecule has 1 fully saturated rings. The van der Waals surface area contributed by atoms with Gasteiger partial charge in [0.15, 0.2) is 0 Å². The lowest BCUT2D eigenvalue weighted by atomic mass is 10.2. The number of nitrogens with two attached hydrogens (primary N) is 1. The third kappa shape index (κ3) is 4.11. The number of rotatable bonds is 6. The summed E-state index contributed by atoms with van der Waals surface area (Å²) in [5.41, 5.74) is 6.10. The van der Waals surface area contributed by atoms with Crippen molar-refractivity contribution in [3.05, 3.63) is 23.8 Å². The van der Waals surface area contributed by atoms with E-state index < -0.39 is 0 Å². The van der Waals surface area contributed by atoms with Crippen molar-refractivity contribution in [1.29, 1.82) is 5.41 Å². The number of morpholine rings is 1. The van der Waals surface area contributed by atoms with Crippen molar-refractivity contribution in [3.63, 3.8) is 0 Å². The van der Waals surface area contributed by atoms with Gasteiger partial charge in [-0.3, -0.25) is 10.3 Å². The predicted octanol–water partition coefficient (Wildman–Crippen LogP) is 0.690. The molecule has 2 rings (SSSR count). The first-order valence-corrected chi connectivity index (χ1v) is 6.65. The lowest BCUT2D eigenvalue weighted by molar-refractivity contribution is 0.0322. The molecule has 0 radical (unpaired) electrons. The number of ether oxygens (including phenoxy) is 3. The van der Waals surface area contributed by atoms with Crippen LogP contribution in [0.5, 0.6) is 11.5 Å². The number of hydrogen-bond donors (Lipinski definition) is 2. The summed E-state index contributed by atoms with van der Waals surface area (Å²) < 4.78 is 16.2. The van der Waals surface area contributed by atoms with Crippen molar-refractivity contribution in [2.75, 3.05) is 46.6 Å². The highest BCUT2D eigenvalue weighted by atomic mass is 16.5. The number of nitrogen functional groups attached to an aromatic ring is 1. The second-order valence-electron chi connectivity index (χ2n) is 4.61. The molecule has 0 aromatic heterocycles. The highest BCUT2D eigenvalue weighted by Crippen LogP contribution is 2.22. The molecule has 1 aromatic carbocycles. The van der Waals surface area contributed by atoms with E-state index in [9.17, 15) is 0 Å². The van der Waals surface area contributed by atoms with Gasteiger partial charge in [0.1, 0.15) is 23.9 Å². The standard InChI is InChI=1S/C14H21N3O3/c1-18-12-8-11(14(15)16)9-13(10-12)20-7-4-17-2-5-19-6-3-17/h8-10H,2-7H2,1H3,(H3,15,16).